The van der Waals surface area contributed by atoms with Crippen LogP contribution >= 0.6 is 0 Å². The Kier molecular flexibility index (Phi) is 3.10. The molecule has 18 heavy (non-hydrogen) atoms. The molecule has 0 fully saturated rings. The molecule has 0 spiro atoms. The number of halogens is 3. The van der Waals surface area contributed by atoms with Crippen molar-refractivity contribution >= 4 is 11.5 Å². The van der Waals surface area contributed by atoms with Gasteiger partial charge in [-0.2, -0.15) is 5.26 Å². The third-order valence-electron chi connectivity index (χ3n) is 2.05. The van der Waals surface area contributed by atoms with Gasteiger partial charge in [-0.3, -0.25) is 0 Å². The zero-order valence-electron chi connectivity index (χ0n) is 8.78. The number of anilines is 2. The molecule has 1 aromatic heterocycles. The molecule has 0 atom stereocenters. The number of nitriles is 1. The lowest BCUT2D eigenvalue weighted by molar-refractivity contribution is 0.548. The van der Waals surface area contributed by atoms with Gasteiger partial charge in [-0.05, 0) is 0 Å². The Balaban J connectivity index is 2.44. The number of rotatable bonds is 2. The monoisotopic (exact) mass is 250 g/mol. The number of hydrogen-bond acceptors (Lipinski definition) is 4. The average molecular weight is 250 g/mol. The van der Waals surface area contributed by atoms with Crippen LogP contribution in [0.5, 0.6) is 0 Å². The average Bonchev–Trinajstić information content (AvgIpc) is 2.34. The lowest BCUT2D eigenvalue weighted by Crippen LogP contribution is -2.03. The maximum absolute atomic E-state index is 13.4. The van der Waals surface area contributed by atoms with Gasteiger partial charge < -0.3 is 5.32 Å². The van der Waals surface area contributed by atoms with Crippen LogP contribution in [-0.2, 0) is 0 Å². The summed E-state index contributed by atoms with van der Waals surface area (Å²) in [7, 11) is 0. The molecule has 7 heteroatoms. The van der Waals surface area contributed by atoms with E-state index in [0.717, 1.165) is 0 Å². The Hall–Kier alpha value is -2.62. The largest absolute Gasteiger partial charge is 0.333 e. The van der Waals surface area contributed by atoms with Gasteiger partial charge in [-0.15, -0.1) is 0 Å². The Morgan fingerprint density at radius 2 is 1.67 bits per heavy atom. The molecular formula is C11H5F3N4. The smallest absolute Gasteiger partial charge is 0.183 e. The molecule has 2 rings (SSSR count). The van der Waals surface area contributed by atoms with E-state index in [1.807, 2.05) is 0 Å². The maximum Gasteiger partial charge on any atom is 0.183 e. The van der Waals surface area contributed by atoms with Crippen LogP contribution in [0.15, 0.2) is 24.5 Å². The van der Waals surface area contributed by atoms with E-state index in [9.17, 15) is 13.2 Å². The van der Waals surface area contributed by atoms with E-state index >= 15 is 0 Å². The minimum absolute atomic E-state index is 0.107. The minimum Gasteiger partial charge on any atom is -0.333 e. The Morgan fingerprint density at radius 1 is 1.06 bits per heavy atom. The summed E-state index contributed by atoms with van der Waals surface area (Å²) in [4.78, 5) is 7.39. The zero-order chi connectivity index (χ0) is 13.1. The fourth-order valence-electron chi connectivity index (χ4n) is 1.29. The number of hydrogen-bond donors (Lipinski definition) is 1. The van der Waals surface area contributed by atoms with Gasteiger partial charge in [0.15, 0.2) is 23.1 Å². The van der Waals surface area contributed by atoms with Crippen molar-refractivity contribution in [1.29, 1.82) is 5.26 Å². The Bertz CT molecular complexity index is 613. The first-order valence-electron chi connectivity index (χ1n) is 4.74. The first-order valence-corrected chi connectivity index (χ1v) is 4.74. The molecule has 0 radical (unpaired) electrons. The van der Waals surface area contributed by atoms with Crippen molar-refractivity contribution in [2.75, 3.05) is 5.32 Å². The number of benzene rings is 1. The van der Waals surface area contributed by atoms with Crippen LogP contribution in [0.4, 0.5) is 24.7 Å². The highest BCUT2D eigenvalue weighted by atomic mass is 19.1. The summed E-state index contributed by atoms with van der Waals surface area (Å²) in [6, 6.07) is 2.75. The lowest BCUT2D eigenvalue weighted by Gasteiger charge is -2.08. The Morgan fingerprint density at radius 3 is 2.28 bits per heavy atom. The first-order chi connectivity index (χ1) is 8.61. The number of aromatic nitrogens is 2. The third-order valence-corrected chi connectivity index (χ3v) is 2.05. The second kappa shape index (κ2) is 4.71. The van der Waals surface area contributed by atoms with Gasteiger partial charge in [0.05, 0.1) is 0 Å². The van der Waals surface area contributed by atoms with E-state index in [0.29, 0.717) is 12.1 Å². The van der Waals surface area contributed by atoms with Gasteiger partial charge in [0.2, 0.25) is 0 Å². The van der Waals surface area contributed by atoms with Crippen molar-refractivity contribution in [1.82, 2.24) is 9.97 Å². The maximum atomic E-state index is 13.4. The van der Waals surface area contributed by atoms with Crippen LogP contribution in [0.25, 0.3) is 0 Å². The van der Waals surface area contributed by atoms with Gasteiger partial charge in [0, 0.05) is 24.5 Å². The molecule has 90 valence electrons. The first kappa shape index (κ1) is 11.9. The summed E-state index contributed by atoms with van der Waals surface area (Å²) in [5.41, 5.74) is -0.714. The van der Waals surface area contributed by atoms with E-state index < -0.39 is 23.1 Å². The van der Waals surface area contributed by atoms with Crippen molar-refractivity contribution < 1.29 is 13.2 Å². The zero-order valence-corrected chi connectivity index (χ0v) is 8.78. The van der Waals surface area contributed by atoms with Crippen LogP contribution in [0.1, 0.15) is 5.69 Å². The van der Waals surface area contributed by atoms with Crippen LogP contribution < -0.4 is 5.32 Å². The molecule has 1 heterocycles. The summed E-state index contributed by atoms with van der Waals surface area (Å²) in [5.74, 6) is -3.39. The van der Waals surface area contributed by atoms with E-state index in [1.54, 1.807) is 6.07 Å². The van der Waals surface area contributed by atoms with Gasteiger partial charge in [0.25, 0.3) is 0 Å². The van der Waals surface area contributed by atoms with Gasteiger partial charge in [0.1, 0.15) is 17.6 Å². The Labute approximate surface area is 99.7 Å². The second-order valence-corrected chi connectivity index (χ2v) is 3.23. The quantitative estimate of drug-likeness (QED) is 0.889. The predicted octanol–water partition coefficient (Wildman–Crippen LogP) is 2.51. The van der Waals surface area contributed by atoms with Gasteiger partial charge >= 0.3 is 0 Å². The van der Waals surface area contributed by atoms with Crippen molar-refractivity contribution in [3.05, 3.63) is 47.7 Å². The third kappa shape index (κ3) is 2.22. The molecule has 0 saturated carbocycles. The normalized spacial score (nSPS) is 9.89. The minimum atomic E-state index is -1.12. The predicted molar refractivity (Wildman–Crippen MR) is 56.3 cm³/mol. The second-order valence-electron chi connectivity index (χ2n) is 3.23. The topological polar surface area (TPSA) is 61.6 Å². The van der Waals surface area contributed by atoms with Crippen LogP contribution in [0.2, 0.25) is 0 Å². The number of nitrogens with one attached hydrogen (secondary N) is 1. The van der Waals surface area contributed by atoms with Crippen LogP contribution in [0.3, 0.4) is 0 Å². The number of nitrogens with zero attached hydrogens (tertiary/aromatic N) is 3. The summed E-state index contributed by atoms with van der Waals surface area (Å²) in [6.45, 7) is 0. The van der Waals surface area contributed by atoms with Crippen LogP contribution in [0, 0.1) is 28.8 Å². The lowest BCUT2D eigenvalue weighted by atomic mass is 10.2. The molecule has 0 unspecified atom stereocenters. The molecule has 0 aliphatic carbocycles. The molecule has 0 aliphatic heterocycles. The summed E-state index contributed by atoms with van der Waals surface area (Å²) in [6.07, 6.45) is 2.52. The fraction of sp³-hybridized carbons (Fsp3) is 0. The summed E-state index contributed by atoms with van der Waals surface area (Å²) < 4.78 is 39.4. The molecule has 2 aromatic rings. The highest BCUT2D eigenvalue weighted by Crippen LogP contribution is 2.24. The highest BCUT2D eigenvalue weighted by Gasteiger charge is 2.14. The van der Waals surface area contributed by atoms with Crippen molar-refractivity contribution in [3.8, 4) is 6.07 Å². The SMILES string of the molecule is N#Cc1nccnc1Nc1c(F)cc(F)cc1F. The summed E-state index contributed by atoms with van der Waals surface area (Å²) in [5, 5.41) is 11.0. The van der Waals surface area contributed by atoms with Crippen LogP contribution in [-0.4, -0.2) is 9.97 Å². The molecule has 0 bridgehead atoms. The van der Waals surface area contributed by atoms with E-state index in [4.69, 9.17) is 5.26 Å². The molecule has 1 aromatic carbocycles. The molecule has 4 nitrogen and oxygen atoms in total. The highest BCUT2D eigenvalue weighted by molar-refractivity contribution is 5.61. The molecule has 1 N–H and O–H groups in total. The molecular weight excluding hydrogens is 245 g/mol. The van der Waals surface area contributed by atoms with E-state index in [2.05, 4.69) is 15.3 Å². The fourth-order valence-corrected chi connectivity index (χ4v) is 1.29. The van der Waals surface area contributed by atoms with E-state index in [1.165, 1.54) is 12.4 Å². The van der Waals surface area contributed by atoms with Gasteiger partial charge in [-0.25, -0.2) is 23.1 Å². The van der Waals surface area contributed by atoms with Crippen molar-refractivity contribution in [3.63, 3.8) is 0 Å². The molecule has 0 aliphatic rings. The molecule has 0 saturated heterocycles. The summed E-state index contributed by atoms with van der Waals surface area (Å²) >= 11 is 0. The van der Waals surface area contributed by atoms with Crippen molar-refractivity contribution in [2.45, 2.75) is 0 Å². The van der Waals surface area contributed by atoms with E-state index in [-0.39, 0.29) is 11.5 Å². The van der Waals surface area contributed by atoms with Gasteiger partial charge in [-0.1, -0.05) is 0 Å². The molecule has 0 amide bonds. The van der Waals surface area contributed by atoms with Crippen molar-refractivity contribution in [2.24, 2.45) is 0 Å². The standard InChI is InChI=1S/C11H5F3N4/c12-6-3-7(13)10(8(14)4-6)18-11-9(5-15)16-1-2-17-11/h1-4H,(H,17,18).